The summed E-state index contributed by atoms with van der Waals surface area (Å²) in [5.74, 6) is -0.0194. The van der Waals surface area contributed by atoms with Crippen LogP contribution in [0.3, 0.4) is 0 Å². The zero-order valence-corrected chi connectivity index (χ0v) is 5.04. The highest BCUT2D eigenvalue weighted by atomic mass is 16.6. The van der Waals surface area contributed by atoms with Gasteiger partial charge in [0.15, 0.2) is 5.78 Å². The molecule has 1 fully saturated rings. The number of epoxide rings is 1. The lowest BCUT2D eigenvalue weighted by atomic mass is 10.2. The fraction of sp³-hybridized carbons (Fsp3) is 0.667. The molecule has 3 nitrogen and oxygen atoms in total. The monoisotopic (exact) mass is 129 g/mol. The van der Waals surface area contributed by atoms with Gasteiger partial charge in [-0.3, -0.25) is 4.79 Å². The van der Waals surface area contributed by atoms with Crippen molar-refractivity contribution in [3.63, 3.8) is 0 Å². The van der Waals surface area contributed by atoms with E-state index >= 15 is 0 Å². The summed E-state index contributed by atoms with van der Waals surface area (Å²) in [6.07, 6.45) is -0.340. The SMILES string of the molecule is [CH2]CC(=O)C1OC1CO. The largest absolute Gasteiger partial charge is 0.394 e. The first-order valence-electron chi connectivity index (χ1n) is 2.88. The van der Waals surface area contributed by atoms with Gasteiger partial charge in [0, 0.05) is 6.42 Å². The lowest BCUT2D eigenvalue weighted by Gasteiger charge is -1.84. The van der Waals surface area contributed by atoms with Gasteiger partial charge >= 0.3 is 0 Å². The highest BCUT2D eigenvalue weighted by Crippen LogP contribution is 2.22. The van der Waals surface area contributed by atoms with E-state index in [0.717, 1.165) is 0 Å². The van der Waals surface area contributed by atoms with Crippen LogP contribution < -0.4 is 0 Å². The molecule has 9 heavy (non-hydrogen) atoms. The van der Waals surface area contributed by atoms with Crippen LogP contribution in [-0.2, 0) is 9.53 Å². The molecule has 1 aliphatic rings. The zero-order valence-electron chi connectivity index (χ0n) is 5.04. The van der Waals surface area contributed by atoms with Gasteiger partial charge in [-0.05, 0) is 6.92 Å². The summed E-state index contributed by atoms with van der Waals surface area (Å²) < 4.78 is 4.78. The Labute approximate surface area is 53.6 Å². The van der Waals surface area contributed by atoms with Crippen molar-refractivity contribution in [2.45, 2.75) is 18.6 Å². The first kappa shape index (κ1) is 6.71. The van der Waals surface area contributed by atoms with E-state index in [1.165, 1.54) is 0 Å². The Kier molecular flexibility index (Phi) is 1.83. The third-order valence-electron chi connectivity index (χ3n) is 1.33. The van der Waals surface area contributed by atoms with Crippen LogP contribution in [0, 0.1) is 6.92 Å². The van der Waals surface area contributed by atoms with Crippen LogP contribution in [0.4, 0.5) is 0 Å². The third-order valence-corrected chi connectivity index (χ3v) is 1.33. The molecule has 1 rings (SSSR count). The first-order valence-corrected chi connectivity index (χ1v) is 2.88. The molecule has 0 amide bonds. The molecule has 2 atom stereocenters. The second-order valence-electron chi connectivity index (χ2n) is 1.99. The van der Waals surface area contributed by atoms with Gasteiger partial charge in [-0.25, -0.2) is 0 Å². The van der Waals surface area contributed by atoms with Crippen molar-refractivity contribution in [1.29, 1.82) is 0 Å². The van der Waals surface area contributed by atoms with E-state index in [1.807, 2.05) is 0 Å². The van der Waals surface area contributed by atoms with Gasteiger partial charge in [0.2, 0.25) is 0 Å². The summed E-state index contributed by atoms with van der Waals surface area (Å²) in [6.45, 7) is 3.35. The zero-order chi connectivity index (χ0) is 6.85. The molecule has 0 aromatic rings. The molecule has 1 N–H and O–H groups in total. The molecule has 0 aliphatic carbocycles. The minimum atomic E-state index is -0.354. The minimum Gasteiger partial charge on any atom is -0.394 e. The van der Waals surface area contributed by atoms with Crippen LogP contribution in [0.1, 0.15) is 6.42 Å². The number of carbonyl (C=O) groups is 1. The number of aliphatic hydroxyl groups excluding tert-OH is 1. The molecule has 2 unspecified atom stereocenters. The minimum absolute atomic E-state index is 0.0194. The number of aliphatic hydroxyl groups is 1. The molecule has 0 bridgehead atoms. The molecule has 51 valence electrons. The van der Waals surface area contributed by atoms with Crippen LogP contribution >= 0.6 is 0 Å². The fourth-order valence-electron chi connectivity index (χ4n) is 0.707. The van der Waals surface area contributed by atoms with Gasteiger partial charge in [-0.15, -0.1) is 0 Å². The average molecular weight is 129 g/mol. The van der Waals surface area contributed by atoms with Crippen molar-refractivity contribution in [3.8, 4) is 0 Å². The van der Waals surface area contributed by atoms with E-state index in [-0.39, 0.29) is 31.0 Å². The molecule has 0 spiro atoms. The normalized spacial score (nSPS) is 32.2. The number of ketones is 1. The molecule has 1 aliphatic heterocycles. The number of hydrogen-bond donors (Lipinski definition) is 1. The maximum absolute atomic E-state index is 10.6. The van der Waals surface area contributed by atoms with Gasteiger partial charge in [0.25, 0.3) is 0 Å². The number of ether oxygens (including phenoxy) is 1. The van der Waals surface area contributed by atoms with Crippen molar-refractivity contribution in [2.75, 3.05) is 6.61 Å². The van der Waals surface area contributed by atoms with Gasteiger partial charge in [-0.2, -0.15) is 0 Å². The van der Waals surface area contributed by atoms with Crippen molar-refractivity contribution in [3.05, 3.63) is 6.92 Å². The summed E-state index contributed by atoms with van der Waals surface area (Å²) in [5, 5.41) is 8.42. The van der Waals surface area contributed by atoms with Crippen molar-refractivity contribution in [2.24, 2.45) is 0 Å². The standard InChI is InChI=1S/C6H9O3/c1-2-4(8)6-5(3-7)9-6/h5-7H,1-3H2. The highest BCUT2D eigenvalue weighted by molar-refractivity contribution is 5.86. The van der Waals surface area contributed by atoms with Crippen molar-refractivity contribution < 1.29 is 14.6 Å². The smallest absolute Gasteiger partial charge is 0.164 e. The van der Waals surface area contributed by atoms with Crippen LogP contribution in [0.25, 0.3) is 0 Å². The van der Waals surface area contributed by atoms with Gasteiger partial charge < -0.3 is 9.84 Å². The second-order valence-corrected chi connectivity index (χ2v) is 1.99. The molecule has 0 aromatic heterocycles. The van der Waals surface area contributed by atoms with Crippen LogP contribution in [0.15, 0.2) is 0 Å². The van der Waals surface area contributed by atoms with Crippen molar-refractivity contribution >= 4 is 5.78 Å². The maximum atomic E-state index is 10.6. The Hall–Kier alpha value is -0.410. The lowest BCUT2D eigenvalue weighted by Crippen LogP contribution is -2.09. The number of carbonyl (C=O) groups excluding carboxylic acids is 1. The average Bonchev–Trinajstić information content (AvgIpc) is 2.64. The van der Waals surface area contributed by atoms with Crippen LogP contribution in [0.5, 0.6) is 0 Å². The number of rotatable bonds is 3. The van der Waals surface area contributed by atoms with E-state index in [1.54, 1.807) is 0 Å². The van der Waals surface area contributed by atoms with Crippen LogP contribution in [0.2, 0.25) is 0 Å². The molecule has 0 saturated carbocycles. The van der Waals surface area contributed by atoms with E-state index in [4.69, 9.17) is 9.84 Å². The predicted molar refractivity (Wildman–Crippen MR) is 30.7 cm³/mol. The number of hydrogen-bond acceptors (Lipinski definition) is 3. The summed E-state index contributed by atoms with van der Waals surface area (Å²) in [5.41, 5.74) is 0. The Bertz CT molecular complexity index is 121. The molecule has 1 radical (unpaired) electrons. The molecule has 0 aromatic carbocycles. The van der Waals surface area contributed by atoms with Gasteiger partial charge in [0.05, 0.1) is 6.61 Å². The maximum Gasteiger partial charge on any atom is 0.164 e. The summed E-state index contributed by atoms with van der Waals surface area (Å²) in [7, 11) is 0. The van der Waals surface area contributed by atoms with Crippen LogP contribution in [-0.4, -0.2) is 29.7 Å². The third kappa shape index (κ3) is 1.28. The van der Waals surface area contributed by atoms with E-state index < -0.39 is 0 Å². The van der Waals surface area contributed by atoms with Gasteiger partial charge in [-0.1, -0.05) is 0 Å². The molecule has 3 heteroatoms. The number of Topliss-reactive ketones (excluding diaryl/α,β-unsaturated/α-hetero) is 1. The lowest BCUT2D eigenvalue weighted by molar-refractivity contribution is -0.119. The second kappa shape index (κ2) is 2.45. The predicted octanol–water partition coefficient (Wildman–Crippen LogP) is -0.461. The quantitative estimate of drug-likeness (QED) is 0.524. The first-order chi connectivity index (χ1) is 4.29. The Morgan fingerprint density at radius 3 is 2.78 bits per heavy atom. The summed E-state index contributed by atoms with van der Waals surface area (Å²) >= 11 is 0. The van der Waals surface area contributed by atoms with E-state index in [2.05, 4.69) is 6.92 Å². The molecule has 1 heterocycles. The molecule has 1 saturated heterocycles. The topological polar surface area (TPSA) is 49.8 Å². The molecular formula is C6H9O3. The fourth-order valence-corrected chi connectivity index (χ4v) is 0.707. The summed E-state index contributed by atoms with van der Waals surface area (Å²) in [4.78, 5) is 10.6. The van der Waals surface area contributed by atoms with Crippen molar-refractivity contribution in [1.82, 2.24) is 0 Å². The Morgan fingerprint density at radius 2 is 2.44 bits per heavy atom. The summed E-state index contributed by atoms with van der Waals surface area (Å²) in [6, 6.07) is 0. The Morgan fingerprint density at radius 1 is 1.78 bits per heavy atom. The highest BCUT2D eigenvalue weighted by Gasteiger charge is 2.42. The Balaban J connectivity index is 2.25. The molecular weight excluding hydrogens is 120 g/mol. The van der Waals surface area contributed by atoms with Gasteiger partial charge in [0.1, 0.15) is 12.2 Å². The van der Waals surface area contributed by atoms with E-state index in [0.29, 0.717) is 0 Å². The van der Waals surface area contributed by atoms with E-state index in [9.17, 15) is 4.79 Å².